The van der Waals surface area contributed by atoms with Crippen molar-refractivity contribution in [1.82, 2.24) is 10.6 Å². The molecule has 0 saturated heterocycles. The minimum absolute atomic E-state index is 0.0778. The molecule has 4 heteroatoms. The minimum Gasteiger partial charge on any atom is -0.492 e. The van der Waals surface area contributed by atoms with Crippen molar-refractivity contribution in [3.63, 3.8) is 0 Å². The van der Waals surface area contributed by atoms with Crippen molar-refractivity contribution in [2.75, 3.05) is 13.2 Å². The van der Waals surface area contributed by atoms with E-state index in [1.165, 1.54) is 30.4 Å². The maximum absolute atomic E-state index is 11.8. The Kier molecular flexibility index (Phi) is 5.90. The Morgan fingerprint density at radius 1 is 1.14 bits per heavy atom. The molecule has 0 heterocycles. The summed E-state index contributed by atoms with van der Waals surface area (Å²) in [6, 6.07) is 6.40. The van der Waals surface area contributed by atoms with Gasteiger partial charge in [-0.2, -0.15) is 0 Å². The Morgan fingerprint density at radius 2 is 1.81 bits per heavy atom. The van der Waals surface area contributed by atoms with Crippen molar-refractivity contribution < 1.29 is 9.53 Å². The van der Waals surface area contributed by atoms with Crippen LogP contribution in [0.5, 0.6) is 5.75 Å². The summed E-state index contributed by atoms with van der Waals surface area (Å²) in [5, 5.41) is 5.88. The van der Waals surface area contributed by atoms with E-state index in [9.17, 15) is 4.79 Å². The van der Waals surface area contributed by atoms with Gasteiger partial charge in [-0.05, 0) is 49.9 Å². The number of hydrogen-bond donors (Lipinski definition) is 2. The normalized spacial score (nSPS) is 15.5. The van der Waals surface area contributed by atoms with Crippen LogP contribution in [0.1, 0.15) is 43.2 Å². The van der Waals surface area contributed by atoms with Gasteiger partial charge in [-0.15, -0.1) is 0 Å². The molecular weight excluding hydrogens is 264 g/mol. The molecule has 0 bridgehead atoms. The molecule has 1 aromatic rings. The number of carbonyl (C=O) groups is 1. The van der Waals surface area contributed by atoms with Crippen LogP contribution >= 0.6 is 0 Å². The molecule has 0 aromatic heterocycles. The lowest BCUT2D eigenvalue weighted by atomic mass is 9.96. The van der Waals surface area contributed by atoms with Crippen molar-refractivity contribution in [1.29, 1.82) is 0 Å². The second-order valence-electron chi connectivity index (χ2n) is 5.91. The predicted molar refractivity (Wildman–Crippen MR) is 84.8 cm³/mol. The topological polar surface area (TPSA) is 50.4 Å². The lowest BCUT2D eigenvalue weighted by Gasteiger charge is -2.22. The Balaban J connectivity index is 1.63. The Labute approximate surface area is 127 Å². The SMILES string of the molecule is Cc1cc(C)cc(OCCNC(=O)NC2CCCCC2)c1. The van der Waals surface area contributed by atoms with Crippen LogP contribution < -0.4 is 15.4 Å². The Bertz CT molecular complexity index is 448. The summed E-state index contributed by atoms with van der Waals surface area (Å²) in [6.45, 7) is 5.11. The fourth-order valence-electron chi connectivity index (χ4n) is 2.83. The summed E-state index contributed by atoms with van der Waals surface area (Å²) in [4.78, 5) is 11.8. The average molecular weight is 290 g/mol. The number of benzene rings is 1. The smallest absolute Gasteiger partial charge is 0.315 e. The van der Waals surface area contributed by atoms with Crippen LogP contribution in [-0.2, 0) is 0 Å². The molecule has 0 atom stereocenters. The highest BCUT2D eigenvalue weighted by Gasteiger charge is 2.14. The molecule has 2 amide bonds. The molecule has 116 valence electrons. The van der Waals surface area contributed by atoms with E-state index in [-0.39, 0.29) is 6.03 Å². The number of nitrogens with one attached hydrogen (secondary N) is 2. The van der Waals surface area contributed by atoms with E-state index in [1.807, 2.05) is 12.1 Å². The number of hydrogen-bond acceptors (Lipinski definition) is 2. The molecule has 1 aliphatic carbocycles. The minimum atomic E-state index is -0.0778. The van der Waals surface area contributed by atoms with Gasteiger partial charge >= 0.3 is 6.03 Å². The van der Waals surface area contributed by atoms with E-state index < -0.39 is 0 Å². The van der Waals surface area contributed by atoms with E-state index in [0.717, 1.165) is 18.6 Å². The Morgan fingerprint density at radius 3 is 2.48 bits per heavy atom. The zero-order chi connectivity index (χ0) is 15.1. The number of amides is 2. The summed E-state index contributed by atoms with van der Waals surface area (Å²) in [5.41, 5.74) is 2.38. The summed E-state index contributed by atoms with van der Waals surface area (Å²) in [6.07, 6.45) is 5.95. The molecule has 0 radical (unpaired) electrons. The van der Waals surface area contributed by atoms with Crippen LogP contribution in [0, 0.1) is 13.8 Å². The Hall–Kier alpha value is -1.71. The van der Waals surface area contributed by atoms with Crippen LogP contribution in [0.4, 0.5) is 4.79 Å². The third-order valence-corrected chi connectivity index (χ3v) is 3.79. The van der Waals surface area contributed by atoms with Gasteiger partial charge in [0.15, 0.2) is 0 Å². The van der Waals surface area contributed by atoms with Crippen LogP contribution in [0.25, 0.3) is 0 Å². The average Bonchev–Trinajstić information content (AvgIpc) is 2.44. The van der Waals surface area contributed by atoms with Crippen molar-refractivity contribution in [2.45, 2.75) is 52.0 Å². The summed E-state index contributed by atoms with van der Waals surface area (Å²) >= 11 is 0. The van der Waals surface area contributed by atoms with Crippen molar-refractivity contribution >= 4 is 6.03 Å². The van der Waals surface area contributed by atoms with Crippen LogP contribution in [0.3, 0.4) is 0 Å². The van der Waals surface area contributed by atoms with E-state index in [1.54, 1.807) is 0 Å². The third kappa shape index (κ3) is 5.66. The highest BCUT2D eigenvalue weighted by molar-refractivity contribution is 5.74. The van der Waals surface area contributed by atoms with Gasteiger partial charge in [0.05, 0.1) is 6.54 Å². The summed E-state index contributed by atoms with van der Waals surface area (Å²) in [5.74, 6) is 0.863. The van der Waals surface area contributed by atoms with Gasteiger partial charge in [-0.1, -0.05) is 25.3 Å². The monoisotopic (exact) mass is 290 g/mol. The van der Waals surface area contributed by atoms with Crippen molar-refractivity contribution in [3.8, 4) is 5.75 Å². The first-order valence-corrected chi connectivity index (χ1v) is 7.89. The lowest BCUT2D eigenvalue weighted by molar-refractivity contribution is 0.228. The molecular formula is C17H26N2O2. The number of rotatable bonds is 5. The number of ether oxygens (including phenoxy) is 1. The molecule has 1 aromatic carbocycles. The van der Waals surface area contributed by atoms with E-state index in [4.69, 9.17) is 4.74 Å². The van der Waals surface area contributed by atoms with Crippen LogP contribution in [-0.4, -0.2) is 25.2 Å². The highest BCUT2D eigenvalue weighted by Crippen LogP contribution is 2.17. The quantitative estimate of drug-likeness (QED) is 0.817. The summed E-state index contributed by atoms with van der Waals surface area (Å²) < 4.78 is 5.67. The van der Waals surface area contributed by atoms with Gasteiger partial charge < -0.3 is 15.4 Å². The number of urea groups is 1. The second kappa shape index (κ2) is 7.91. The van der Waals surface area contributed by atoms with Gasteiger partial charge in [-0.25, -0.2) is 4.79 Å². The number of aryl methyl sites for hydroxylation is 2. The molecule has 2 rings (SSSR count). The zero-order valence-corrected chi connectivity index (χ0v) is 13.1. The van der Waals surface area contributed by atoms with Gasteiger partial charge in [0, 0.05) is 6.04 Å². The first-order valence-electron chi connectivity index (χ1n) is 7.89. The standard InChI is InChI=1S/C17H26N2O2/c1-13-10-14(2)12-16(11-13)21-9-8-18-17(20)19-15-6-4-3-5-7-15/h10-12,15H,3-9H2,1-2H3,(H2,18,19,20). The van der Waals surface area contributed by atoms with Gasteiger partial charge in [0.2, 0.25) is 0 Å². The third-order valence-electron chi connectivity index (χ3n) is 3.79. The first kappa shape index (κ1) is 15.7. The zero-order valence-electron chi connectivity index (χ0n) is 13.1. The van der Waals surface area contributed by atoms with Crippen molar-refractivity contribution in [2.24, 2.45) is 0 Å². The maximum Gasteiger partial charge on any atom is 0.315 e. The van der Waals surface area contributed by atoms with E-state index in [0.29, 0.717) is 19.2 Å². The molecule has 21 heavy (non-hydrogen) atoms. The fourth-order valence-corrected chi connectivity index (χ4v) is 2.83. The second-order valence-corrected chi connectivity index (χ2v) is 5.91. The molecule has 1 fully saturated rings. The van der Waals surface area contributed by atoms with Crippen LogP contribution in [0.2, 0.25) is 0 Å². The predicted octanol–water partition coefficient (Wildman–Crippen LogP) is 3.31. The van der Waals surface area contributed by atoms with E-state index in [2.05, 4.69) is 30.5 Å². The fraction of sp³-hybridized carbons (Fsp3) is 0.588. The number of carbonyl (C=O) groups excluding carboxylic acids is 1. The van der Waals surface area contributed by atoms with Gasteiger partial charge in [0.25, 0.3) is 0 Å². The lowest BCUT2D eigenvalue weighted by Crippen LogP contribution is -2.44. The molecule has 0 spiro atoms. The van der Waals surface area contributed by atoms with Crippen LogP contribution in [0.15, 0.2) is 18.2 Å². The summed E-state index contributed by atoms with van der Waals surface area (Å²) in [7, 11) is 0. The van der Waals surface area contributed by atoms with Crippen molar-refractivity contribution in [3.05, 3.63) is 29.3 Å². The largest absolute Gasteiger partial charge is 0.492 e. The molecule has 1 saturated carbocycles. The molecule has 1 aliphatic rings. The van der Waals surface area contributed by atoms with Gasteiger partial charge in [0.1, 0.15) is 12.4 Å². The van der Waals surface area contributed by atoms with Gasteiger partial charge in [-0.3, -0.25) is 0 Å². The molecule has 0 aliphatic heterocycles. The van der Waals surface area contributed by atoms with E-state index >= 15 is 0 Å². The highest BCUT2D eigenvalue weighted by atomic mass is 16.5. The maximum atomic E-state index is 11.8. The molecule has 2 N–H and O–H groups in total. The molecule has 4 nitrogen and oxygen atoms in total. The molecule has 0 unspecified atom stereocenters. The first-order chi connectivity index (χ1) is 10.1.